The van der Waals surface area contributed by atoms with Crippen molar-refractivity contribution in [1.82, 2.24) is 4.98 Å². The molecule has 1 atom stereocenters. The van der Waals surface area contributed by atoms with Crippen molar-refractivity contribution in [2.24, 2.45) is 0 Å². The smallest absolute Gasteiger partial charge is 0.394 e. The number of aliphatic hydroxyl groups is 1. The SMILES string of the molecule is CCC(C)(CO)Nc1cccc(C(F)(F)F)n1. The summed E-state index contributed by atoms with van der Waals surface area (Å²) in [6.45, 7) is 3.37. The van der Waals surface area contributed by atoms with Crippen molar-refractivity contribution in [3.05, 3.63) is 23.9 Å². The van der Waals surface area contributed by atoms with Crippen LogP contribution in [0.3, 0.4) is 0 Å². The van der Waals surface area contributed by atoms with Gasteiger partial charge in [0.05, 0.1) is 12.1 Å². The third-order valence-corrected chi connectivity index (χ3v) is 2.60. The molecule has 1 rings (SSSR count). The molecule has 2 N–H and O–H groups in total. The molecule has 0 aliphatic rings. The minimum absolute atomic E-state index is 0.109. The summed E-state index contributed by atoms with van der Waals surface area (Å²) in [7, 11) is 0. The van der Waals surface area contributed by atoms with E-state index in [1.165, 1.54) is 12.1 Å². The van der Waals surface area contributed by atoms with E-state index in [9.17, 15) is 13.2 Å². The van der Waals surface area contributed by atoms with Crippen molar-refractivity contribution >= 4 is 5.82 Å². The van der Waals surface area contributed by atoms with Crippen LogP contribution in [0.2, 0.25) is 0 Å². The van der Waals surface area contributed by atoms with Crippen LogP contribution in [0.5, 0.6) is 0 Å². The van der Waals surface area contributed by atoms with Crippen LogP contribution in [0, 0.1) is 0 Å². The second-order valence-corrected chi connectivity index (χ2v) is 4.10. The van der Waals surface area contributed by atoms with Crippen LogP contribution >= 0.6 is 0 Å². The van der Waals surface area contributed by atoms with Crippen LogP contribution in [0.4, 0.5) is 19.0 Å². The fraction of sp³-hybridized carbons (Fsp3) is 0.545. The Morgan fingerprint density at radius 3 is 2.47 bits per heavy atom. The summed E-state index contributed by atoms with van der Waals surface area (Å²) in [5, 5.41) is 12.0. The Hall–Kier alpha value is -1.30. The number of halogens is 3. The Morgan fingerprint density at radius 2 is 2.00 bits per heavy atom. The third kappa shape index (κ3) is 3.59. The molecule has 17 heavy (non-hydrogen) atoms. The van der Waals surface area contributed by atoms with Gasteiger partial charge < -0.3 is 10.4 Å². The first-order chi connectivity index (χ1) is 7.80. The van der Waals surface area contributed by atoms with Crippen LogP contribution in [-0.4, -0.2) is 22.2 Å². The lowest BCUT2D eigenvalue weighted by atomic mass is 10.0. The molecule has 0 aliphatic heterocycles. The maximum absolute atomic E-state index is 12.4. The molecule has 0 fully saturated rings. The van der Waals surface area contributed by atoms with E-state index >= 15 is 0 Å². The average molecular weight is 248 g/mol. The quantitative estimate of drug-likeness (QED) is 0.861. The molecular weight excluding hydrogens is 233 g/mol. The van der Waals surface area contributed by atoms with Crippen LogP contribution in [0.1, 0.15) is 26.0 Å². The van der Waals surface area contributed by atoms with E-state index in [0.29, 0.717) is 6.42 Å². The van der Waals surface area contributed by atoms with Gasteiger partial charge in [0.25, 0.3) is 0 Å². The van der Waals surface area contributed by atoms with Gasteiger partial charge in [-0.1, -0.05) is 13.0 Å². The first-order valence-corrected chi connectivity index (χ1v) is 5.24. The number of hydrogen-bond donors (Lipinski definition) is 2. The molecule has 0 saturated heterocycles. The second kappa shape index (κ2) is 4.91. The van der Waals surface area contributed by atoms with Crippen LogP contribution in [0.15, 0.2) is 18.2 Å². The lowest BCUT2D eigenvalue weighted by Crippen LogP contribution is -2.38. The summed E-state index contributed by atoms with van der Waals surface area (Å²) in [5.41, 5.74) is -1.61. The Balaban J connectivity index is 2.93. The second-order valence-electron chi connectivity index (χ2n) is 4.10. The summed E-state index contributed by atoms with van der Waals surface area (Å²) in [6, 6.07) is 3.64. The van der Waals surface area contributed by atoms with Gasteiger partial charge in [-0.15, -0.1) is 0 Å². The monoisotopic (exact) mass is 248 g/mol. The minimum Gasteiger partial charge on any atom is -0.394 e. The molecule has 0 aliphatic carbocycles. The standard InChI is InChI=1S/C11H15F3N2O/c1-3-10(2,7-17)16-9-6-4-5-8(15-9)11(12,13)14/h4-6,17H,3,7H2,1-2H3,(H,15,16). The van der Waals surface area contributed by atoms with E-state index in [1.807, 2.05) is 6.92 Å². The van der Waals surface area contributed by atoms with Crippen molar-refractivity contribution in [1.29, 1.82) is 0 Å². The Morgan fingerprint density at radius 1 is 1.35 bits per heavy atom. The maximum Gasteiger partial charge on any atom is 0.433 e. The number of anilines is 1. The normalized spacial score (nSPS) is 15.4. The van der Waals surface area contributed by atoms with Crippen molar-refractivity contribution in [3.8, 4) is 0 Å². The highest BCUT2D eigenvalue weighted by Gasteiger charge is 2.33. The topological polar surface area (TPSA) is 45.1 Å². The molecule has 1 heterocycles. The van der Waals surface area contributed by atoms with E-state index < -0.39 is 17.4 Å². The summed E-state index contributed by atoms with van der Waals surface area (Å²) >= 11 is 0. The zero-order chi connectivity index (χ0) is 13.1. The zero-order valence-corrected chi connectivity index (χ0v) is 9.67. The number of aliphatic hydroxyl groups excluding tert-OH is 1. The number of nitrogens with one attached hydrogen (secondary N) is 1. The largest absolute Gasteiger partial charge is 0.433 e. The number of alkyl halides is 3. The highest BCUT2D eigenvalue weighted by Crippen LogP contribution is 2.28. The molecule has 0 saturated carbocycles. The first kappa shape index (κ1) is 13.8. The van der Waals surface area contributed by atoms with Crippen LogP contribution < -0.4 is 5.32 Å². The third-order valence-electron chi connectivity index (χ3n) is 2.60. The zero-order valence-electron chi connectivity index (χ0n) is 9.67. The molecule has 1 aromatic rings. The van der Waals surface area contributed by atoms with Gasteiger partial charge in [-0.25, -0.2) is 4.98 Å². The molecule has 0 bridgehead atoms. The molecule has 96 valence electrons. The Labute approximate surface area is 97.7 Å². The fourth-order valence-corrected chi connectivity index (χ4v) is 1.21. The van der Waals surface area contributed by atoms with E-state index in [2.05, 4.69) is 10.3 Å². The van der Waals surface area contributed by atoms with Gasteiger partial charge in [-0.2, -0.15) is 13.2 Å². The predicted molar refractivity (Wildman–Crippen MR) is 58.6 cm³/mol. The summed E-state index contributed by atoms with van der Waals surface area (Å²) in [4.78, 5) is 3.48. The van der Waals surface area contributed by atoms with Crippen molar-refractivity contribution in [3.63, 3.8) is 0 Å². The summed E-state index contributed by atoms with van der Waals surface area (Å²) in [6.07, 6.45) is -3.89. The van der Waals surface area contributed by atoms with Gasteiger partial charge >= 0.3 is 6.18 Å². The molecule has 0 spiro atoms. The van der Waals surface area contributed by atoms with Crippen LogP contribution in [-0.2, 0) is 6.18 Å². The van der Waals surface area contributed by atoms with Crippen molar-refractivity contribution in [2.75, 3.05) is 11.9 Å². The first-order valence-electron chi connectivity index (χ1n) is 5.24. The molecule has 0 radical (unpaired) electrons. The maximum atomic E-state index is 12.4. The number of hydrogen-bond acceptors (Lipinski definition) is 3. The molecule has 3 nitrogen and oxygen atoms in total. The molecule has 0 aromatic carbocycles. The van der Waals surface area contributed by atoms with Gasteiger partial charge in [0, 0.05) is 0 Å². The highest BCUT2D eigenvalue weighted by molar-refractivity contribution is 5.38. The van der Waals surface area contributed by atoms with Gasteiger partial charge in [-0.3, -0.25) is 0 Å². The minimum atomic E-state index is -4.46. The van der Waals surface area contributed by atoms with Crippen molar-refractivity contribution in [2.45, 2.75) is 32.0 Å². The van der Waals surface area contributed by atoms with Crippen molar-refractivity contribution < 1.29 is 18.3 Å². The van der Waals surface area contributed by atoms with E-state index in [1.54, 1.807) is 6.92 Å². The number of nitrogens with zero attached hydrogens (tertiary/aromatic N) is 1. The lowest BCUT2D eigenvalue weighted by molar-refractivity contribution is -0.141. The lowest BCUT2D eigenvalue weighted by Gasteiger charge is -2.28. The van der Waals surface area contributed by atoms with Gasteiger partial charge in [0.1, 0.15) is 11.5 Å². The van der Waals surface area contributed by atoms with E-state index in [-0.39, 0.29) is 12.4 Å². The highest BCUT2D eigenvalue weighted by atomic mass is 19.4. The number of pyridine rings is 1. The number of aromatic nitrogens is 1. The van der Waals surface area contributed by atoms with Gasteiger partial charge in [-0.05, 0) is 25.5 Å². The molecule has 1 aromatic heterocycles. The Kier molecular flexibility index (Phi) is 3.98. The molecule has 6 heteroatoms. The van der Waals surface area contributed by atoms with Crippen LogP contribution in [0.25, 0.3) is 0 Å². The van der Waals surface area contributed by atoms with Gasteiger partial charge in [0.2, 0.25) is 0 Å². The fourth-order valence-electron chi connectivity index (χ4n) is 1.21. The van der Waals surface area contributed by atoms with Gasteiger partial charge in [0.15, 0.2) is 0 Å². The summed E-state index contributed by atoms with van der Waals surface area (Å²) < 4.78 is 37.3. The van der Waals surface area contributed by atoms with E-state index in [4.69, 9.17) is 5.11 Å². The Bertz CT molecular complexity index is 375. The molecule has 1 unspecified atom stereocenters. The predicted octanol–water partition coefficient (Wildman–Crippen LogP) is 2.67. The van der Waals surface area contributed by atoms with E-state index in [0.717, 1.165) is 6.07 Å². The summed E-state index contributed by atoms with van der Waals surface area (Å²) in [5.74, 6) is 0.109. The molecule has 0 amide bonds. The average Bonchev–Trinajstić information content (AvgIpc) is 2.28. The molecular formula is C11H15F3N2O. The number of rotatable bonds is 4.